The molecule has 3 amide bonds. The minimum atomic E-state index is -0.372. The molecule has 11 nitrogen and oxygen atoms in total. The first-order valence-corrected chi connectivity index (χ1v) is 9.90. The molecule has 1 heterocycles. The molecule has 0 fully saturated rings. The van der Waals surface area contributed by atoms with E-state index in [9.17, 15) is 19.2 Å². The van der Waals surface area contributed by atoms with Crippen molar-refractivity contribution in [2.45, 2.75) is 25.7 Å². The number of nitrogens with two attached hydrogens (primary N) is 1. The predicted octanol–water partition coefficient (Wildman–Crippen LogP) is -0.903. The minimum absolute atomic E-state index is 0.00822. The summed E-state index contributed by atoms with van der Waals surface area (Å²) in [5, 5.41) is 0. The van der Waals surface area contributed by atoms with E-state index in [2.05, 4.69) is 0 Å². The van der Waals surface area contributed by atoms with E-state index in [1.54, 1.807) is 0 Å². The van der Waals surface area contributed by atoms with Crippen molar-refractivity contribution < 1.29 is 38.1 Å². The van der Waals surface area contributed by atoms with Crippen molar-refractivity contribution in [3.8, 4) is 0 Å². The van der Waals surface area contributed by atoms with Crippen LogP contribution in [0.3, 0.4) is 0 Å². The first-order chi connectivity index (χ1) is 14.5. The third kappa shape index (κ3) is 12.4. The Morgan fingerprint density at radius 1 is 0.767 bits per heavy atom. The number of rotatable bonds is 19. The smallest absolute Gasteiger partial charge is 0.253 e. The van der Waals surface area contributed by atoms with E-state index in [1.807, 2.05) is 5.43 Å². The number of imide groups is 1. The topological polar surface area (TPSA) is 146 Å². The van der Waals surface area contributed by atoms with Gasteiger partial charge in [0, 0.05) is 38.1 Å². The van der Waals surface area contributed by atoms with Crippen LogP contribution < -0.4 is 11.3 Å². The lowest BCUT2D eigenvalue weighted by molar-refractivity contribution is -0.137. The molecule has 0 atom stereocenters. The van der Waals surface area contributed by atoms with Crippen LogP contribution >= 0.6 is 0 Å². The number of hydrogen-bond donors (Lipinski definition) is 2. The van der Waals surface area contributed by atoms with Gasteiger partial charge in [0.2, 0.25) is 5.91 Å². The third-order valence-corrected chi connectivity index (χ3v) is 4.01. The number of hydrazine groups is 1. The van der Waals surface area contributed by atoms with Gasteiger partial charge in [-0.05, 0) is 6.42 Å². The molecule has 0 radical (unpaired) electrons. The molecule has 0 aliphatic carbocycles. The van der Waals surface area contributed by atoms with Gasteiger partial charge in [0.1, 0.15) is 5.78 Å². The minimum Gasteiger partial charge on any atom is -0.379 e. The van der Waals surface area contributed by atoms with E-state index < -0.39 is 0 Å². The molecule has 11 heteroatoms. The second-order valence-corrected chi connectivity index (χ2v) is 6.32. The quantitative estimate of drug-likeness (QED) is 0.0876. The first kappa shape index (κ1) is 25.9. The highest BCUT2D eigenvalue weighted by molar-refractivity contribution is 6.13. The molecule has 0 unspecified atom stereocenters. The average Bonchev–Trinajstić information content (AvgIpc) is 3.06. The number of ether oxygens (including phenoxy) is 4. The maximum absolute atomic E-state index is 11.8. The van der Waals surface area contributed by atoms with E-state index in [4.69, 9.17) is 24.8 Å². The molecule has 0 aromatic heterocycles. The predicted molar refractivity (Wildman–Crippen MR) is 105 cm³/mol. The van der Waals surface area contributed by atoms with Gasteiger partial charge in [-0.2, -0.15) is 0 Å². The fraction of sp³-hybridized carbons (Fsp3) is 0.684. The maximum Gasteiger partial charge on any atom is 0.253 e. The molecule has 0 saturated carbocycles. The highest BCUT2D eigenvalue weighted by Gasteiger charge is 2.23. The van der Waals surface area contributed by atoms with Crippen molar-refractivity contribution in [3.63, 3.8) is 0 Å². The largest absolute Gasteiger partial charge is 0.379 e. The lowest BCUT2D eigenvalue weighted by Gasteiger charge is -2.12. The number of carbonyl (C=O) groups excluding carboxylic acids is 4. The number of amides is 3. The van der Waals surface area contributed by atoms with E-state index in [1.165, 1.54) is 12.2 Å². The molecule has 0 aromatic rings. The summed E-state index contributed by atoms with van der Waals surface area (Å²) in [6, 6.07) is 0. The van der Waals surface area contributed by atoms with Crippen LogP contribution in [-0.4, -0.2) is 87.8 Å². The van der Waals surface area contributed by atoms with Crippen LogP contribution in [-0.2, 0) is 38.1 Å². The van der Waals surface area contributed by atoms with Crippen LogP contribution in [0.4, 0.5) is 0 Å². The maximum atomic E-state index is 11.8. The summed E-state index contributed by atoms with van der Waals surface area (Å²) in [7, 11) is 0. The summed E-state index contributed by atoms with van der Waals surface area (Å²) in [4.78, 5) is 46.4. The van der Waals surface area contributed by atoms with Gasteiger partial charge in [0.25, 0.3) is 11.8 Å². The Labute approximate surface area is 175 Å². The molecule has 0 spiro atoms. The molecule has 1 aliphatic heterocycles. The number of hydrogen-bond acceptors (Lipinski definition) is 9. The average molecular weight is 429 g/mol. The molecule has 30 heavy (non-hydrogen) atoms. The molecule has 1 rings (SSSR count). The zero-order chi connectivity index (χ0) is 22.0. The number of nitrogens with zero attached hydrogens (tertiary/aromatic N) is 1. The monoisotopic (exact) mass is 429 g/mol. The van der Waals surface area contributed by atoms with Gasteiger partial charge in [-0.25, -0.2) is 5.84 Å². The van der Waals surface area contributed by atoms with Crippen LogP contribution in [0, 0.1) is 0 Å². The van der Waals surface area contributed by atoms with Crippen LogP contribution in [0.2, 0.25) is 0 Å². The highest BCUT2D eigenvalue weighted by Crippen LogP contribution is 2.06. The van der Waals surface area contributed by atoms with Gasteiger partial charge >= 0.3 is 0 Å². The summed E-state index contributed by atoms with van der Waals surface area (Å²) in [6.45, 7) is 3.36. The Balaban J connectivity index is 1.79. The molecular weight excluding hydrogens is 398 g/mol. The van der Waals surface area contributed by atoms with Gasteiger partial charge in [-0.1, -0.05) is 0 Å². The van der Waals surface area contributed by atoms with Gasteiger partial charge in [-0.3, -0.25) is 29.5 Å². The van der Waals surface area contributed by atoms with E-state index in [0.717, 1.165) is 4.90 Å². The summed E-state index contributed by atoms with van der Waals surface area (Å²) in [5.74, 6) is 3.91. The lowest BCUT2D eigenvalue weighted by atomic mass is 10.1. The van der Waals surface area contributed by atoms with E-state index in [-0.39, 0.29) is 42.9 Å². The molecule has 0 bridgehead atoms. The van der Waals surface area contributed by atoms with Crippen LogP contribution in [0.5, 0.6) is 0 Å². The molecular formula is C19H31N3O8. The van der Waals surface area contributed by atoms with Gasteiger partial charge in [-0.15, -0.1) is 0 Å². The summed E-state index contributed by atoms with van der Waals surface area (Å²) in [5.41, 5.74) is 2.02. The van der Waals surface area contributed by atoms with Gasteiger partial charge in [0.15, 0.2) is 0 Å². The van der Waals surface area contributed by atoms with Crippen molar-refractivity contribution >= 4 is 23.5 Å². The van der Waals surface area contributed by atoms with Gasteiger partial charge < -0.3 is 18.9 Å². The van der Waals surface area contributed by atoms with Gasteiger partial charge in [0.05, 0.1) is 52.7 Å². The Kier molecular flexibility index (Phi) is 14.3. The Morgan fingerprint density at radius 2 is 1.27 bits per heavy atom. The van der Waals surface area contributed by atoms with Crippen LogP contribution in [0.1, 0.15) is 25.7 Å². The number of nitrogens with one attached hydrogen (secondary N) is 1. The Hall–Kier alpha value is -2.18. The molecule has 170 valence electrons. The molecule has 0 aromatic carbocycles. The van der Waals surface area contributed by atoms with Crippen LogP contribution in [0.15, 0.2) is 12.2 Å². The number of Topliss-reactive ketones (excluding diaryl/α,β-unsaturated/α-hetero) is 1. The van der Waals surface area contributed by atoms with E-state index >= 15 is 0 Å². The van der Waals surface area contributed by atoms with Crippen molar-refractivity contribution in [3.05, 3.63) is 12.2 Å². The number of carbonyl (C=O) groups is 4. The van der Waals surface area contributed by atoms with Crippen molar-refractivity contribution in [1.29, 1.82) is 0 Å². The third-order valence-electron chi connectivity index (χ3n) is 4.01. The zero-order valence-electron chi connectivity index (χ0n) is 17.1. The zero-order valence-corrected chi connectivity index (χ0v) is 17.1. The second kappa shape index (κ2) is 16.6. The molecule has 1 aliphatic rings. The fourth-order valence-corrected chi connectivity index (χ4v) is 2.38. The normalized spacial score (nSPS) is 13.3. The highest BCUT2D eigenvalue weighted by atomic mass is 16.6. The SMILES string of the molecule is NNC(=O)CCOCCOCCOCCOCCCC(=O)CCN1C(=O)C=CC1=O. The standard InChI is InChI=1S/C19H31N3O8/c20-21-17(24)6-9-28-11-13-30-15-14-29-12-10-27-8-1-2-16(23)5-7-22-18(25)3-4-19(22)26/h3-4H,1-2,5-15,20H2,(H,21,24). The summed E-state index contributed by atoms with van der Waals surface area (Å²) in [6.07, 6.45) is 3.71. The van der Waals surface area contributed by atoms with Crippen molar-refractivity contribution in [2.24, 2.45) is 5.84 Å². The fourth-order valence-electron chi connectivity index (χ4n) is 2.38. The van der Waals surface area contributed by atoms with E-state index in [0.29, 0.717) is 65.7 Å². The summed E-state index contributed by atoms with van der Waals surface area (Å²) < 4.78 is 21.2. The summed E-state index contributed by atoms with van der Waals surface area (Å²) >= 11 is 0. The first-order valence-electron chi connectivity index (χ1n) is 9.90. The lowest BCUT2D eigenvalue weighted by Crippen LogP contribution is -2.32. The second-order valence-electron chi connectivity index (χ2n) is 6.32. The number of ketones is 1. The van der Waals surface area contributed by atoms with Crippen molar-refractivity contribution in [2.75, 3.05) is 59.4 Å². The van der Waals surface area contributed by atoms with Crippen molar-refractivity contribution in [1.82, 2.24) is 10.3 Å². The Morgan fingerprint density at radius 3 is 1.80 bits per heavy atom. The Bertz CT molecular complexity index is 564. The molecule has 3 N–H and O–H groups in total. The molecule has 0 saturated heterocycles. The van der Waals surface area contributed by atoms with Crippen LogP contribution in [0.25, 0.3) is 0 Å².